The zero-order valence-corrected chi connectivity index (χ0v) is 14.5. The van der Waals surface area contributed by atoms with Crippen molar-refractivity contribution in [3.05, 3.63) is 51.2 Å². The average molecular weight is 369 g/mol. The Kier molecular flexibility index (Phi) is 6.35. The highest BCUT2D eigenvalue weighted by Gasteiger charge is 2.15. The molecule has 0 aliphatic rings. The lowest BCUT2D eigenvalue weighted by Crippen LogP contribution is -2.38. The van der Waals surface area contributed by atoms with Gasteiger partial charge in [-0.15, -0.1) is 0 Å². The van der Waals surface area contributed by atoms with E-state index in [-0.39, 0.29) is 22.2 Å². The molecule has 1 unspecified atom stereocenters. The number of aromatic amines is 1. The molecule has 0 aliphatic heterocycles. The van der Waals surface area contributed by atoms with Gasteiger partial charge in [0.05, 0.1) is 5.02 Å². The molecule has 1 heterocycles. The molecule has 0 aliphatic carbocycles. The first kappa shape index (κ1) is 18.7. The lowest BCUT2D eigenvalue weighted by molar-refractivity contribution is -0.127. The maximum absolute atomic E-state index is 13.0. The van der Waals surface area contributed by atoms with Crippen molar-refractivity contribution in [3.8, 4) is 5.75 Å². The normalized spacial score (nSPS) is 11.7. The lowest BCUT2D eigenvalue weighted by Gasteiger charge is -2.15. The number of halogens is 2. The standard InChI is InChI=1S/C16H18ClFN4O3/c1-9-7-14(23)22-16(21-9)20-6-5-19-15(24)10(2)25-13-4-3-11(18)8-12(13)17/h3-4,7-8,10H,5-6H2,1-2H3,(H,19,24)(H2,20,21,22,23). The van der Waals surface area contributed by atoms with Crippen LogP contribution in [0.1, 0.15) is 12.6 Å². The summed E-state index contributed by atoms with van der Waals surface area (Å²) in [6.45, 7) is 3.92. The van der Waals surface area contributed by atoms with Crippen LogP contribution in [0.4, 0.5) is 10.3 Å². The molecule has 1 aromatic heterocycles. The van der Waals surface area contributed by atoms with E-state index in [4.69, 9.17) is 16.3 Å². The third-order valence-corrected chi connectivity index (χ3v) is 3.45. The molecule has 1 amide bonds. The summed E-state index contributed by atoms with van der Waals surface area (Å²) < 4.78 is 18.4. The van der Waals surface area contributed by atoms with Crippen molar-refractivity contribution in [2.24, 2.45) is 0 Å². The monoisotopic (exact) mass is 368 g/mol. The maximum atomic E-state index is 13.0. The van der Waals surface area contributed by atoms with Crippen LogP contribution in [-0.4, -0.2) is 35.1 Å². The number of amides is 1. The minimum Gasteiger partial charge on any atom is -0.479 e. The molecule has 2 rings (SSSR count). The average Bonchev–Trinajstić information content (AvgIpc) is 2.53. The molecule has 0 saturated heterocycles. The summed E-state index contributed by atoms with van der Waals surface area (Å²) in [4.78, 5) is 29.9. The van der Waals surface area contributed by atoms with Crippen molar-refractivity contribution in [2.75, 3.05) is 18.4 Å². The number of nitrogens with one attached hydrogen (secondary N) is 3. The van der Waals surface area contributed by atoms with E-state index >= 15 is 0 Å². The zero-order valence-electron chi connectivity index (χ0n) is 13.7. The van der Waals surface area contributed by atoms with Crippen LogP contribution in [0.5, 0.6) is 5.75 Å². The number of carbonyl (C=O) groups excluding carboxylic acids is 1. The highest BCUT2D eigenvalue weighted by Crippen LogP contribution is 2.25. The molecule has 0 bridgehead atoms. The lowest BCUT2D eigenvalue weighted by atomic mass is 10.3. The Morgan fingerprint density at radius 1 is 1.40 bits per heavy atom. The molecular formula is C16H18ClFN4O3. The van der Waals surface area contributed by atoms with Crippen LogP contribution >= 0.6 is 11.6 Å². The number of rotatable bonds is 7. The van der Waals surface area contributed by atoms with Gasteiger partial charge >= 0.3 is 0 Å². The number of H-pyrrole nitrogens is 1. The van der Waals surface area contributed by atoms with E-state index in [0.717, 1.165) is 6.07 Å². The highest BCUT2D eigenvalue weighted by molar-refractivity contribution is 6.32. The molecule has 0 spiro atoms. The first-order valence-corrected chi connectivity index (χ1v) is 7.94. The van der Waals surface area contributed by atoms with Crippen molar-refractivity contribution in [3.63, 3.8) is 0 Å². The van der Waals surface area contributed by atoms with Crippen molar-refractivity contribution in [1.82, 2.24) is 15.3 Å². The third kappa shape index (κ3) is 5.75. The van der Waals surface area contributed by atoms with Gasteiger partial charge in [0.15, 0.2) is 6.10 Å². The van der Waals surface area contributed by atoms with Crippen LogP contribution in [0.25, 0.3) is 0 Å². The van der Waals surface area contributed by atoms with E-state index < -0.39 is 11.9 Å². The van der Waals surface area contributed by atoms with Gasteiger partial charge in [-0.1, -0.05) is 11.6 Å². The summed E-state index contributed by atoms with van der Waals surface area (Å²) in [6, 6.07) is 5.06. The van der Waals surface area contributed by atoms with Gasteiger partial charge in [0.1, 0.15) is 11.6 Å². The number of anilines is 1. The molecular weight excluding hydrogens is 351 g/mol. The number of hydrogen-bond donors (Lipinski definition) is 3. The molecule has 1 aromatic carbocycles. The summed E-state index contributed by atoms with van der Waals surface area (Å²) in [5.74, 6) is -0.275. The second-order valence-corrected chi connectivity index (χ2v) is 5.70. The Hall–Kier alpha value is -2.61. The van der Waals surface area contributed by atoms with Gasteiger partial charge in [0.2, 0.25) is 5.95 Å². The number of ether oxygens (including phenoxy) is 1. The number of benzene rings is 1. The SMILES string of the molecule is Cc1cc(=O)[nH]c(NCCNC(=O)C(C)Oc2ccc(F)cc2Cl)n1. The molecule has 0 radical (unpaired) electrons. The molecule has 134 valence electrons. The highest BCUT2D eigenvalue weighted by atomic mass is 35.5. The van der Waals surface area contributed by atoms with Crippen molar-refractivity contribution >= 4 is 23.5 Å². The Labute approximate surface area is 148 Å². The molecule has 0 fully saturated rings. The minimum absolute atomic E-state index is 0.0933. The van der Waals surface area contributed by atoms with Gasteiger partial charge in [-0.05, 0) is 32.0 Å². The summed E-state index contributed by atoms with van der Waals surface area (Å²) in [5, 5.41) is 5.66. The fourth-order valence-corrected chi connectivity index (χ4v) is 2.20. The fraction of sp³-hybridized carbons (Fsp3) is 0.312. The first-order valence-electron chi connectivity index (χ1n) is 7.56. The van der Waals surface area contributed by atoms with Crippen molar-refractivity contribution in [1.29, 1.82) is 0 Å². The molecule has 9 heteroatoms. The van der Waals surface area contributed by atoms with Gasteiger partial charge in [0, 0.05) is 24.8 Å². The summed E-state index contributed by atoms with van der Waals surface area (Å²) in [7, 11) is 0. The van der Waals surface area contributed by atoms with E-state index in [1.54, 1.807) is 13.8 Å². The van der Waals surface area contributed by atoms with Crippen LogP contribution in [0, 0.1) is 12.7 Å². The van der Waals surface area contributed by atoms with E-state index in [1.807, 2.05) is 0 Å². The quantitative estimate of drug-likeness (QED) is 0.648. The molecule has 3 N–H and O–H groups in total. The van der Waals surface area contributed by atoms with Gasteiger partial charge in [0.25, 0.3) is 11.5 Å². The first-order chi connectivity index (χ1) is 11.8. The van der Waals surface area contributed by atoms with Gasteiger partial charge < -0.3 is 15.4 Å². The Bertz CT molecular complexity index is 812. The Morgan fingerprint density at radius 2 is 2.16 bits per heavy atom. The van der Waals surface area contributed by atoms with Crippen LogP contribution in [0.2, 0.25) is 5.02 Å². The molecule has 2 aromatic rings. The largest absolute Gasteiger partial charge is 0.479 e. The summed E-state index contributed by atoms with van der Waals surface area (Å²) in [6.07, 6.45) is -0.806. The second kappa shape index (κ2) is 8.48. The Morgan fingerprint density at radius 3 is 2.84 bits per heavy atom. The maximum Gasteiger partial charge on any atom is 0.260 e. The Balaban J connectivity index is 1.78. The van der Waals surface area contributed by atoms with Crippen LogP contribution in [-0.2, 0) is 4.79 Å². The zero-order chi connectivity index (χ0) is 18.4. The van der Waals surface area contributed by atoms with E-state index in [2.05, 4.69) is 20.6 Å². The topological polar surface area (TPSA) is 96.1 Å². The number of hydrogen-bond acceptors (Lipinski definition) is 5. The minimum atomic E-state index is -0.806. The van der Waals surface area contributed by atoms with Gasteiger partial charge in [-0.25, -0.2) is 9.37 Å². The smallest absolute Gasteiger partial charge is 0.260 e. The molecule has 7 nitrogen and oxygen atoms in total. The van der Waals surface area contributed by atoms with Crippen molar-refractivity contribution in [2.45, 2.75) is 20.0 Å². The molecule has 1 atom stereocenters. The van der Waals surface area contributed by atoms with Crippen LogP contribution in [0.3, 0.4) is 0 Å². The van der Waals surface area contributed by atoms with Crippen LogP contribution < -0.4 is 20.9 Å². The van der Waals surface area contributed by atoms with Gasteiger partial charge in [-0.3, -0.25) is 14.6 Å². The number of aromatic nitrogens is 2. The van der Waals surface area contributed by atoms with Crippen molar-refractivity contribution < 1.29 is 13.9 Å². The van der Waals surface area contributed by atoms with Gasteiger partial charge in [-0.2, -0.15) is 0 Å². The van der Waals surface area contributed by atoms with Crippen LogP contribution in [0.15, 0.2) is 29.1 Å². The molecule has 25 heavy (non-hydrogen) atoms. The summed E-state index contributed by atoms with van der Waals surface area (Å²) >= 11 is 5.86. The summed E-state index contributed by atoms with van der Waals surface area (Å²) in [5.41, 5.74) is 0.339. The third-order valence-electron chi connectivity index (χ3n) is 3.15. The second-order valence-electron chi connectivity index (χ2n) is 5.29. The number of nitrogens with zero attached hydrogens (tertiary/aromatic N) is 1. The fourth-order valence-electron chi connectivity index (χ4n) is 1.99. The van der Waals surface area contributed by atoms with E-state index in [9.17, 15) is 14.0 Å². The molecule has 0 saturated carbocycles. The van der Waals surface area contributed by atoms with E-state index in [1.165, 1.54) is 18.2 Å². The number of aryl methyl sites for hydroxylation is 1. The predicted molar refractivity (Wildman–Crippen MR) is 92.6 cm³/mol. The number of carbonyl (C=O) groups is 1. The predicted octanol–water partition coefficient (Wildman–Crippen LogP) is 1.87. The van der Waals surface area contributed by atoms with E-state index in [0.29, 0.717) is 24.7 Å².